The van der Waals surface area contributed by atoms with Crippen molar-refractivity contribution in [1.29, 1.82) is 0 Å². The molecule has 110 valence electrons. The summed E-state index contributed by atoms with van der Waals surface area (Å²) in [6.45, 7) is 4.39. The van der Waals surface area contributed by atoms with Crippen LogP contribution in [0.5, 0.6) is 0 Å². The Balaban J connectivity index is 2.00. The Morgan fingerprint density at radius 2 is 1.71 bits per heavy atom. The molecular weight excluding hydrogens is 268 g/mol. The topological polar surface area (TPSA) is 75.4 Å². The van der Waals surface area contributed by atoms with E-state index in [1.54, 1.807) is 12.1 Å². The largest absolute Gasteiger partial charge is 0.387 e. The summed E-state index contributed by atoms with van der Waals surface area (Å²) in [5, 5.41) is 23.9. The number of nitro benzene ring substituents is 1. The maximum absolute atomic E-state index is 10.6. The lowest BCUT2D eigenvalue weighted by Gasteiger charge is -2.14. The molecule has 0 radical (unpaired) electrons. The van der Waals surface area contributed by atoms with Gasteiger partial charge >= 0.3 is 0 Å². The van der Waals surface area contributed by atoms with Crippen molar-refractivity contribution in [2.75, 3.05) is 11.9 Å². The highest BCUT2D eigenvalue weighted by Gasteiger charge is 2.10. The molecule has 2 rings (SSSR count). The third kappa shape index (κ3) is 4.03. The van der Waals surface area contributed by atoms with Gasteiger partial charge in [-0.3, -0.25) is 10.1 Å². The van der Waals surface area contributed by atoms with Crippen LogP contribution in [0.3, 0.4) is 0 Å². The molecule has 0 saturated carbocycles. The second kappa shape index (κ2) is 6.37. The second-order valence-electron chi connectivity index (χ2n) is 5.12. The molecule has 1 unspecified atom stereocenters. The maximum Gasteiger partial charge on any atom is 0.269 e. The molecule has 0 heterocycles. The summed E-state index contributed by atoms with van der Waals surface area (Å²) in [7, 11) is 0. The van der Waals surface area contributed by atoms with Gasteiger partial charge in [0.15, 0.2) is 0 Å². The Morgan fingerprint density at radius 1 is 1.14 bits per heavy atom. The summed E-state index contributed by atoms with van der Waals surface area (Å²) in [5.41, 5.74) is 3.93. The van der Waals surface area contributed by atoms with E-state index in [9.17, 15) is 15.2 Å². The van der Waals surface area contributed by atoms with E-state index >= 15 is 0 Å². The number of aryl methyl sites for hydroxylation is 2. The molecule has 0 aromatic heterocycles. The standard InChI is InChI=1S/C16H18N2O3/c1-11-7-12(2)9-14(8-11)17-10-16(19)13-3-5-15(6-4-13)18(20)21/h3-9,16-17,19H,10H2,1-2H3. The van der Waals surface area contributed by atoms with Crippen LogP contribution in [-0.2, 0) is 0 Å². The van der Waals surface area contributed by atoms with Crippen molar-refractivity contribution >= 4 is 11.4 Å². The number of benzene rings is 2. The molecule has 0 fully saturated rings. The van der Waals surface area contributed by atoms with Gasteiger partial charge in [-0.15, -0.1) is 0 Å². The zero-order valence-corrected chi connectivity index (χ0v) is 12.0. The van der Waals surface area contributed by atoms with E-state index in [0.29, 0.717) is 12.1 Å². The van der Waals surface area contributed by atoms with Gasteiger partial charge in [-0.2, -0.15) is 0 Å². The third-order valence-electron chi connectivity index (χ3n) is 3.21. The minimum Gasteiger partial charge on any atom is -0.387 e. The molecule has 0 aliphatic rings. The SMILES string of the molecule is Cc1cc(C)cc(NCC(O)c2ccc([N+](=O)[O-])cc2)c1. The van der Waals surface area contributed by atoms with Crippen LogP contribution in [-0.4, -0.2) is 16.6 Å². The molecule has 0 aliphatic carbocycles. The fourth-order valence-electron chi connectivity index (χ4n) is 2.23. The van der Waals surface area contributed by atoms with Gasteiger partial charge in [-0.1, -0.05) is 6.07 Å². The van der Waals surface area contributed by atoms with Crippen molar-refractivity contribution in [3.05, 3.63) is 69.3 Å². The number of aliphatic hydroxyl groups is 1. The van der Waals surface area contributed by atoms with Gasteiger partial charge in [0.1, 0.15) is 0 Å². The van der Waals surface area contributed by atoms with E-state index in [-0.39, 0.29) is 5.69 Å². The molecule has 0 aliphatic heterocycles. The number of hydrogen-bond donors (Lipinski definition) is 2. The summed E-state index contributed by atoms with van der Waals surface area (Å²) in [6, 6.07) is 12.0. The van der Waals surface area contributed by atoms with E-state index in [1.807, 2.05) is 26.0 Å². The average molecular weight is 286 g/mol. The molecule has 21 heavy (non-hydrogen) atoms. The minimum atomic E-state index is -0.716. The van der Waals surface area contributed by atoms with Crippen LogP contribution in [0.2, 0.25) is 0 Å². The summed E-state index contributed by atoms with van der Waals surface area (Å²) in [5.74, 6) is 0. The van der Waals surface area contributed by atoms with Crippen LogP contribution in [0.15, 0.2) is 42.5 Å². The summed E-state index contributed by atoms with van der Waals surface area (Å²) >= 11 is 0. The minimum absolute atomic E-state index is 0.0215. The van der Waals surface area contributed by atoms with Crippen LogP contribution in [0.4, 0.5) is 11.4 Å². The van der Waals surface area contributed by atoms with Gasteiger partial charge in [0.25, 0.3) is 5.69 Å². The Hall–Kier alpha value is -2.40. The molecule has 2 aromatic carbocycles. The molecule has 5 heteroatoms. The predicted molar refractivity (Wildman–Crippen MR) is 82.5 cm³/mol. The Labute approximate surface area is 123 Å². The van der Waals surface area contributed by atoms with Crippen molar-refractivity contribution in [1.82, 2.24) is 0 Å². The van der Waals surface area contributed by atoms with Crippen LogP contribution in [0.1, 0.15) is 22.8 Å². The number of anilines is 1. The number of hydrogen-bond acceptors (Lipinski definition) is 4. The lowest BCUT2D eigenvalue weighted by Crippen LogP contribution is -2.12. The molecule has 5 nitrogen and oxygen atoms in total. The number of nitrogens with one attached hydrogen (secondary N) is 1. The summed E-state index contributed by atoms with van der Waals surface area (Å²) in [6.07, 6.45) is -0.716. The van der Waals surface area contributed by atoms with Crippen molar-refractivity contribution < 1.29 is 10.0 Å². The molecule has 0 saturated heterocycles. The summed E-state index contributed by atoms with van der Waals surface area (Å²) < 4.78 is 0. The van der Waals surface area contributed by atoms with Gasteiger partial charge < -0.3 is 10.4 Å². The Kier molecular flexibility index (Phi) is 4.55. The van der Waals surface area contributed by atoms with Crippen molar-refractivity contribution in [2.45, 2.75) is 20.0 Å². The first kappa shape index (κ1) is 15.0. The molecular formula is C16H18N2O3. The predicted octanol–water partition coefficient (Wildman–Crippen LogP) is 3.36. The summed E-state index contributed by atoms with van der Waals surface area (Å²) in [4.78, 5) is 10.1. The fraction of sp³-hybridized carbons (Fsp3) is 0.250. The van der Waals surface area contributed by atoms with E-state index in [0.717, 1.165) is 16.8 Å². The second-order valence-corrected chi connectivity index (χ2v) is 5.12. The number of aliphatic hydroxyl groups excluding tert-OH is 1. The van der Waals surface area contributed by atoms with Crippen molar-refractivity contribution in [3.8, 4) is 0 Å². The molecule has 0 amide bonds. The highest BCUT2D eigenvalue weighted by molar-refractivity contribution is 5.48. The highest BCUT2D eigenvalue weighted by atomic mass is 16.6. The van der Waals surface area contributed by atoms with E-state index in [1.165, 1.54) is 12.1 Å². The van der Waals surface area contributed by atoms with Gasteiger partial charge in [-0.25, -0.2) is 0 Å². The smallest absolute Gasteiger partial charge is 0.269 e. The molecule has 0 spiro atoms. The first-order chi connectivity index (χ1) is 9.95. The van der Waals surface area contributed by atoms with E-state index < -0.39 is 11.0 Å². The quantitative estimate of drug-likeness (QED) is 0.653. The number of nitro groups is 1. The first-order valence-corrected chi connectivity index (χ1v) is 6.70. The zero-order valence-electron chi connectivity index (χ0n) is 12.0. The molecule has 1 atom stereocenters. The van der Waals surface area contributed by atoms with Crippen LogP contribution in [0.25, 0.3) is 0 Å². The lowest BCUT2D eigenvalue weighted by atomic mass is 10.1. The monoisotopic (exact) mass is 286 g/mol. The highest BCUT2D eigenvalue weighted by Crippen LogP contribution is 2.19. The van der Waals surface area contributed by atoms with Gasteiger partial charge in [0.05, 0.1) is 11.0 Å². The fourth-order valence-corrected chi connectivity index (χ4v) is 2.23. The number of rotatable bonds is 5. The van der Waals surface area contributed by atoms with E-state index in [2.05, 4.69) is 11.4 Å². The maximum atomic E-state index is 10.6. The average Bonchev–Trinajstić information content (AvgIpc) is 2.44. The van der Waals surface area contributed by atoms with Gasteiger partial charge in [0.2, 0.25) is 0 Å². The van der Waals surface area contributed by atoms with Crippen LogP contribution < -0.4 is 5.32 Å². The molecule has 0 bridgehead atoms. The van der Waals surface area contributed by atoms with Crippen LogP contribution in [0, 0.1) is 24.0 Å². The number of non-ortho nitro benzene ring substituents is 1. The van der Waals surface area contributed by atoms with Crippen molar-refractivity contribution in [3.63, 3.8) is 0 Å². The number of nitrogens with zero attached hydrogens (tertiary/aromatic N) is 1. The Bertz CT molecular complexity index is 618. The van der Waals surface area contributed by atoms with Gasteiger partial charge in [0, 0.05) is 24.4 Å². The lowest BCUT2D eigenvalue weighted by molar-refractivity contribution is -0.384. The zero-order chi connectivity index (χ0) is 15.4. The van der Waals surface area contributed by atoms with Gasteiger partial charge in [-0.05, 0) is 54.8 Å². The normalized spacial score (nSPS) is 12.0. The van der Waals surface area contributed by atoms with Crippen LogP contribution >= 0.6 is 0 Å². The Morgan fingerprint density at radius 3 is 2.24 bits per heavy atom. The van der Waals surface area contributed by atoms with Crippen molar-refractivity contribution in [2.24, 2.45) is 0 Å². The third-order valence-corrected chi connectivity index (χ3v) is 3.21. The molecule has 2 aromatic rings. The van der Waals surface area contributed by atoms with E-state index in [4.69, 9.17) is 0 Å². The first-order valence-electron chi connectivity index (χ1n) is 6.70. The molecule has 2 N–H and O–H groups in total.